The van der Waals surface area contributed by atoms with Gasteiger partial charge in [0.2, 0.25) is 0 Å². The van der Waals surface area contributed by atoms with Crippen LogP contribution in [0.15, 0.2) is 22.7 Å². The van der Waals surface area contributed by atoms with E-state index in [0.717, 1.165) is 29.0 Å². The van der Waals surface area contributed by atoms with Crippen molar-refractivity contribution in [3.63, 3.8) is 0 Å². The van der Waals surface area contributed by atoms with Gasteiger partial charge >= 0.3 is 0 Å². The maximum absolute atomic E-state index is 6.01. The van der Waals surface area contributed by atoms with Gasteiger partial charge in [0.1, 0.15) is 0 Å². The fraction of sp³-hybridized carbons (Fsp3) is 0.500. The lowest BCUT2D eigenvalue weighted by molar-refractivity contribution is 0.251. The monoisotopic (exact) mass is 302 g/mol. The summed E-state index contributed by atoms with van der Waals surface area (Å²) in [5, 5.41) is 0.786. The molecule has 0 saturated carbocycles. The van der Waals surface area contributed by atoms with Crippen LogP contribution >= 0.6 is 27.5 Å². The molecule has 2 N–H and O–H groups in total. The second kappa shape index (κ2) is 5.05. The third kappa shape index (κ3) is 2.59. The average Bonchev–Trinajstić information content (AvgIpc) is 2.55. The van der Waals surface area contributed by atoms with Crippen molar-refractivity contribution in [2.45, 2.75) is 32.0 Å². The Morgan fingerprint density at radius 1 is 1.56 bits per heavy atom. The maximum atomic E-state index is 6.01. The van der Waals surface area contributed by atoms with Gasteiger partial charge in [0, 0.05) is 34.7 Å². The van der Waals surface area contributed by atoms with E-state index in [0.29, 0.717) is 12.1 Å². The molecule has 0 aromatic heterocycles. The van der Waals surface area contributed by atoms with Gasteiger partial charge in [-0.15, -0.1) is 0 Å². The molecule has 1 saturated heterocycles. The van der Waals surface area contributed by atoms with E-state index in [1.54, 1.807) is 0 Å². The normalized spacial score (nSPS) is 26.2. The van der Waals surface area contributed by atoms with Gasteiger partial charge in [-0.2, -0.15) is 0 Å². The summed E-state index contributed by atoms with van der Waals surface area (Å²) in [5.41, 5.74) is 7.24. The molecule has 0 bridgehead atoms. The first-order valence-corrected chi connectivity index (χ1v) is 6.68. The van der Waals surface area contributed by atoms with Crippen LogP contribution in [-0.4, -0.2) is 23.5 Å². The summed E-state index contributed by atoms with van der Waals surface area (Å²) in [4.78, 5) is 2.40. The molecule has 0 amide bonds. The van der Waals surface area contributed by atoms with Crippen LogP contribution in [0.25, 0.3) is 0 Å². The molecule has 1 aromatic carbocycles. The summed E-state index contributed by atoms with van der Waals surface area (Å²) in [7, 11) is 0. The van der Waals surface area contributed by atoms with E-state index in [2.05, 4.69) is 27.8 Å². The first-order chi connectivity index (χ1) is 7.58. The number of likely N-dealkylation sites (tertiary alicyclic amines) is 1. The van der Waals surface area contributed by atoms with Gasteiger partial charge in [-0.3, -0.25) is 4.90 Å². The first kappa shape index (κ1) is 12.4. The summed E-state index contributed by atoms with van der Waals surface area (Å²) in [6, 6.07) is 6.67. The topological polar surface area (TPSA) is 29.3 Å². The zero-order chi connectivity index (χ0) is 11.7. The lowest BCUT2D eigenvalue weighted by atomic mass is 10.1. The second-order valence-electron chi connectivity index (χ2n) is 4.40. The highest BCUT2D eigenvalue weighted by Gasteiger charge is 2.27. The maximum Gasteiger partial charge on any atom is 0.0410 e. The number of nitrogens with two attached hydrogens (primary N) is 1. The van der Waals surface area contributed by atoms with E-state index in [1.165, 1.54) is 5.56 Å². The molecule has 88 valence electrons. The van der Waals surface area contributed by atoms with Crippen molar-refractivity contribution >= 4 is 27.5 Å². The van der Waals surface area contributed by atoms with Gasteiger partial charge in [0.25, 0.3) is 0 Å². The lowest BCUT2D eigenvalue weighted by Gasteiger charge is -2.23. The molecule has 0 radical (unpaired) electrons. The number of rotatable bonds is 2. The number of nitrogens with zero attached hydrogens (tertiary/aromatic N) is 1. The third-order valence-electron chi connectivity index (χ3n) is 3.33. The molecule has 1 aliphatic rings. The van der Waals surface area contributed by atoms with E-state index in [9.17, 15) is 0 Å². The van der Waals surface area contributed by atoms with Crippen molar-refractivity contribution in [1.29, 1.82) is 0 Å². The van der Waals surface area contributed by atoms with Gasteiger partial charge in [0.05, 0.1) is 0 Å². The highest BCUT2D eigenvalue weighted by Crippen LogP contribution is 2.25. The minimum absolute atomic E-state index is 0.304. The lowest BCUT2D eigenvalue weighted by Crippen LogP contribution is -2.36. The van der Waals surface area contributed by atoms with Crippen LogP contribution in [0.1, 0.15) is 18.9 Å². The summed E-state index contributed by atoms with van der Waals surface area (Å²) in [5.74, 6) is 0. The number of benzene rings is 1. The van der Waals surface area contributed by atoms with Crippen molar-refractivity contribution < 1.29 is 0 Å². The third-order valence-corrected chi connectivity index (χ3v) is 4.34. The van der Waals surface area contributed by atoms with Crippen LogP contribution < -0.4 is 5.73 Å². The summed E-state index contributed by atoms with van der Waals surface area (Å²) >= 11 is 9.56. The minimum atomic E-state index is 0.304. The fourth-order valence-electron chi connectivity index (χ4n) is 2.14. The Kier molecular flexibility index (Phi) is 3.90. The molecule has 1 aliphatic heterocycles. The zero-order valence-electron chi connectivity index (χ0n) is 9.29. The molecule has 2 unspecified atom stereocenters. The van der Waals surface area contributed by atoms with E-state index in [-0.39, 0.29) is 0 Å². The number of hydrogen-bond donors (Lipinski definition) is 1. The minimum Gasteiger partial charge on any atom is -0.326 e. The number of hydrogen-bond acceptors (Lipinski definition) is 2. The average molecular weight is 304 g/mol. The highest BCUT2D eigenvalue weighted by molar-refractivity contribution is 9.10. The Morgan fingerprint density at radius 3 is 2.94 bits per heavy atom. The summed E-state index contributed by atoms with van der Waals surface area (Å²) in [6.45, 7) is 4.17. The van der Waals surface area contributed by atoms with Gasteiger partial charge in [-0.05, 0) is 37.1 Å². The van der Waals surface area contributed by atoms with Gasteiger partial charge in [-0.25, -0.2) is 0 Å². The molecule has 1 aromatic rings. The van der Waals surface area contributed by atoms with Crippen molar-refractivity contribution in [1.82, 2.24) is 4.90 Å². The second-order valence-corrected chi connectivity index (χ2v) is 5.69. The van der Waals surface area contributed by atoms with Gasteiger partial charge in [0.15, 0.2) is 0 Å². The molecule has 2 rings (SSSR count). The van der Waals surface area contributed by atoms with Crippen molar-refractivity contribution in [2.75, 3.05) is 6.54 Å². The standard InChI is InChI=1S/C12H16BrClN2/c1-8-12(15)4-5-16(8)7-9-6-10(14)2-3-11(9)13/h2-3,6,8,12H,4-5,7,15H2,1H3. The summed E-state index contributed by atoms with van der Waals surface area (Å²) < 4.78 is 1.12. The van der Waals surface area contributed by atoms with E-state index < -0.39 is 0 Å². The van der Waals surface area contributed by atoms with Crippen LogP contribution in [0.5, 0.6) is 0 Å². The Balaban J connectivity index is 2.12. The predicted octanol–water partition coefficient (Wildman–Crippen LogP) is 3.02. The molecular formula is C12H16BrClN2. The number of halogens is 2. The Labute approximate surface area is 110 Å². The Bertz CT molecular complexity index is 383. The fourth-order valence-corrected chi connectivity index (χ4v) is 2.70. The van der Waals surface area contributed by atoms with Crippen molar-refractivity contribution in [3.8, 4) is 0 Å². The Morgan fingerprint density at radius 2 is 2.31 bits per heavy atom. The quantitative estimate of drug-likeness (QED) is 0.910. The smallest absolute Gasteiger partial charge is 0.0410 e. The summed E-state index contributed by atoms with van der Waals surface area (Å²) in [6.07, 6.45) is 1.08. The molecule has 0 spiro atoms. The molecule has 1 heterocycles. The van der Waals surface area contributed by atoms with E-state index in [4.69, 9.17) is 17.3 Å². The molecule has 2 nitrogen and oxygen atoms in total. The van der Waals surface area contributed by atoms with Gasteiger partial charge < -0.3 is 5.73 Å². The van der Waals surface area contributed by atoms with Crippen LogP contribution in [0, 0.1) is 0 Å². The molecule has 16 heavy (non-hydrogen) atoms. The molecule has 2 atom stereocenters. The van der Waals surface area contributed by atoms with Gasteiger partial charge in [-0.1, -0.05) is 27.5 Å². The van der Waals surface area contributed by atoms with Crippen LogP contribution in [0.3, 0.4) is 0 Å². The molecule has 1 fully saturated rings. The predicted molar refractivity (Wildman–Crippen MR) is 71.6 cm³/mol. The van der Waals surface area contributed by atoms with Crippen molar-refractivity contribution in [3.05, 3.63) is 33.3 Å². The first-order valence-electron chi connectivity index (χ1n) is 5.51. The van der Waals surface area contributed by atoms with Crippen LogP contribution in [0.4, 0.5) is 0 Å². The van der Waals surface area contributed by atoms with Crippen LogP contribution in [-0.2, 0) is 6.54 Å². The van der Waals surface area contributed by atoms with E-state index >= 15 is 0 Å². The molecular weight excluding hydrogens is 288 g/mol. The molecule has 4 heteroatoms. The largest absolute Gasteiger partial charge is 0.326 e. The zero-order valence-corrected chi connectivity index (χ0v) is 11.6. The SMILES string of the molecule is CC1C(N)CCN1Cc1cc(Cl)ccc1Br. The van der Waals surface area contributed by atoms with Crippen LogP contribution in [0.2, 0.25) is 5.02 Å². The Hall–Kier alpha value is -0.0900. The van der Waals surface area contributed by atoms with E-state index in [1.807, 2.05) is 18.2 Å². The molecule has 0 aliphatic carbocycles. The van der Waals surface area contributed by atoms with Crippen molar-refractivity contribution in [2.24, 2.45) is 5.73 Å². The highest BCUT2D eigenvalue weighted by atomic mass is 79.9.